The summed E-state index contributed by atoms with van der Waals surface area (Å²) in [5, 5.41) is 8.71. The first-order chi connectivity index (χ1) is 8.90. The normalized spacial score (nSPS) is 10.5. The molecule has 1 aromatic heterocycles. The molecule has 0 amide bonds. The minimum atomic E-state index is -1.39. The van der Waals surface area contributed by atoms with E-state index in [-0.39, 0.29) is 16.8 Å². The third-order valence-electron chi connectivity index (χ3n) is 2.68. The van der Waals surface area contributed by atoms with Gasteiger partial charge < -0.3 is 10.1 Å². The highest BCUT2D eigenvalue weighted by Crippen LogP contribution is 2.23. The summed E-state index contributed by atoms with van der Waals surface area (Å²) in [7, 11) is 0. The predicted octanol–water partition coefficient (Wildman–Crippen LogP) is 2.33. The van der Waals surface area contributed by atoms with Gasteiger partial charge in [0.05, 0.1) is 5.69 Å². The first-order valence-corrected chi connectivity index (χ1v) is 5.33. The number of carboxylic acid groups (broad SMARTS) is 1. The molecule has 98 valence electrons. The van der Waals surface area contributed by atoms with Crippen LogP contribution in [0, 0.1) is 18.6 Å². The Morgan fingerprint density at radius 3 is 2.47 bits per heavy atom. The molecular formula is C13H9F2NO3. The molecule has 0 saturated heterocycles. The van der Waals surface area contributed by atoms with Gasteiger partial charge in [-0.05, 0) is 36.8 Å². The van der Waals surface area contributed by atoms with Crippen LogP contribution >= 0.6 is 0 Å². The average molecular weight is 265 g/mol. The van der Waals surface area contributed by atoms with Gasteiger partial charge in [0.25, 0.3) is 5.56 Å². The lowest BCUT2D eigenvalue weighted by atomic mass is 10.1. The molecular weight excluding hydrogens is 256 g/mol. The molecule has 0 spiro atoms. The summed E-state index contributed by atoms with van der Waals surface area (Å²) < 4.78 is 27.1. The van der Waals surface area contributed by atoms with Gasteiger partial charge in [0.2, 0.25) is 0 Å². The Bertz CT molecular complexity index is 722. The molecule has 0 bridgehead atoms. The summed E-state index contributed by atoms with van der Waals surface area (Å²) >= 11 is 0. The van der Waals surface area contributed by atoms with Crippen LogP contribution in [0.4, 0.5) is 8.78 Å². The zero-order chi connectivity index (χ0) is 14.2. The lowest BCUT2D eigenvalue weighted by Crippen LogP contribution is -2.17. The molecule has 2 N–H and O–H groups in total. The fourth-order valence-corrected chi connectivity index (χ4v) is 1.65. The highest BCUT2D eigenvalue weighted by Gasteiger charge is 2.13. The van der Waals surface area contributed by atoms with Crippen LogP contribution in [0.5, 0.6) is 0 Å². The Labute approximate surface area is 106 Å². The van der Waals surface area contributed by atoms with Gasteiger partial charge in [-0.2, -0.15) is 0 Å². The zero-order valence-electron chi connectivity index (χ0n) is 9.83. The second-order valence-electron chi connectivity index (χ2n) is 4.00. The second-order valence-corrected chi connectivity index (χ2v) is 4.00. The lowest BCUT2D eigenvalue weighted by molar-refractivity contribution is 0.0695. The van der Waals surface area contributed by atoms with Crippen molar-refractivity contribution in [3.63, 3.8) is 0 Å². The summed E-state index contributed by atoms with van der Waals surface area (Å²) in [5.74, 6) is -2.69. The maximum absolute atomic E-state index is 13.7. The third kappa shape index (κ3) is 2.37. The number of aromatic nitrogens is 1. The fraction of sp³-hybridized carbons (Fsp3) is 0.0769. The van der Waals surface area contributed by atoms with Crippen molar-refractivity contribution in [1.29, 1.82) is 0 Å². The molecule has 0 unspecified atom stereocenters. The Hall–Kier alpha value is -2.50. The van der Waals surface area contributed by atoms with Crippen molar-refractivity contribution < 1.29 is 18.7 Å². The summed E-state index contributed by atoms with van der Waals surface area (Å²) in [5.41, 5.74) is -1.29. The lowest BCUT2D eigenvalue weighted by Gasteiger charge is -2.06. The van der Waals surface area contributed by atoms with Gasteiger partial charge in [0, 0.05) is 5.56 Å². The number of carboxylic acids is 1. The minimum absolute atomic E-state index is 0.0198. The van der Waals surface area contributed by atoms with Crippen molar-refractivity contribution in [2.45, 2.75) is 6.92 Å². The first-order valence-electron chi connectivity index (χ1n) is 5.33. The Morgan fingerprint density at radius 1 is 1.21 bits per heavy atom. The number of aryl methyl sites for hydroxylation is 1. The molecule has 0 atom stereocenters. The van der Waals surface area contributed by atoms with Crippen molar-refractivity contribution in [2.75, 3.05) is 0 Å². The number of H-pyrrole nitrogens is 1. The molecule has 4 nitrogen and oxygen atoms in total. The fourth-order valence-electron chi connectivity index (χ4n) is 1.65. The van der Waals surface area contributed by atoms with Gasteiger partial charge in [-0.3, -0.25) is 4.79 Å². The Balaban J connectivity index is 2.60. The molecule has 0 radical (unpaired) electrons. The summed E-state index contributed by atoms with van der Waals surface area (Å²) in [4.78, 5) is 24.4. The van der Waals surface area contributed by atoms with Gasteiger partial charge in [0.15, 0.2) is 0 Å². The highest BCUT2D eigenvalue weighted by atomic mass is 19.1. The molecule has 6 heteroatoms. The molecule has 0 aliphatic carbocycles. The number of benzene rings is 1. The van der Waals surface area contributed by atoms with Crippen LogP contribution in [0.2, 0.25) is 0 Å². The predicted molar refractivity (Wildman–Crippen MR) is 64.1 cm³/mol. The molecule has 2 rings (SSSR count). The second kappa shape index (κ2) is 4.64. The van der Waals surface area contributed by atoms with Gasteiger partial charge in [0.1, 0.15) is 17.2 Å². The van der Waals surface area contributed by atoms with E-state index in [1.807, 2.05) is 0 Å². The quantitative estimate of drug-likeness (QED) is 0.875. The third-order valence-corrected chi connectivity index (χ3v) is 2.68. The number of carbonyl (C=O) groups is 1. The Morgan fingerprint density at radius 2 is 1.89 bits per heavy atom. The smallest absolute Gasteiger partial charge is 0.341 e. The van der Waals surface area contributed by atoms with Crippen LogP contribution in [-0.2, 0) is 0 Å². The number of aromatic carboxylic acids is 1. The molecule has 0 aliphatic rings. The number of nitrogens with one attached hydrogen (secondary N) is 1. The largest absolute Gasteiger partial charge is 0.477 e. The van der Waals surface area contributed by atoms with E-state index in [1.165, 1.54) is 13.0 Å². The SMILES string of the molecule is Cc1cc(F)c(-c2ccc(C(=O)O)c(=O)[nH]2)cc1F. The first kappa shape index (κ1) is 12.9. The van der Waals surface area contributed by atoms with Crippen LogP contribution in [0.3, 0.4) is 0 Å². The summed E-state index contributed by atoms with van der Waals surface area (Å²) in [6.07, 6.45) is 0. The molecule has 1 aromatic carbocycles. The number of halogens is 2. The number of hydrogen-bond donors (Lipinski definition) is 2. The summed E-state index contributed by atoms with van der Waals surface area (Å²) in [6.45, 7) is 1.42. The standard InChI is InChI=1S/C13H9F2NO3/c1-6-4-10(15)8(5-9(6)14)11-3-2-7(13(18)19)12(17)16-11/h2-5H,1H3,(H,16,17)(H,18,19). The topological polar surface area (TPSA) is 70.2 Å². The minimum Gasteiger partial charge on any atom is -0.477 e. The van der Waals surface area contributed by atoms with Crippen molar-refractivity contribution in [3.05, 3.63) is 57.4 Å². The van der Waals surface area contributed by atoms with Crippen LogP contribution in [0.1, 0.15) is 15.9 Å². The molecule has 0 fully saturated rings. The molecule has 2 aromatic rings. The number of hydrogen-bond acceptors (Lipinski definition) is 2. The maximum Gasteiger partial charge on any atom is 0.341 e. The Kier molecular flexibility index (Phi) is 3.16. The van der Waals surface area contributed by atoms with Crippen LogP contribution in [0.15, 0.2) is 29.1 Å². The van der Waals surface area contributed by atoms with E-state index in [9.17, 15) is 18.4 Å². The van der Waals surface area contributed by atoms with Crippen molar-refractivity contribution in [2.24, 2.45) is 0 Å². The summed E-state index contributed by atoms with van der Waals surface area (Å²) in [6, 6.07) is 4.23. The highest BCUT2D eigenvalue weighted by molar-refractivity contribution is 5.87. The van der Waals surface area contributed by atoms with Gasteiger partial charge >= 0.3 is 5.97 Å². The van der Waals surface area contributed by atoms with E-state index in [1.54, 1.807) is 0 Å². The maximum atomic E-state index is 13.7. The number of pyridine rings is 1. The number of aromatic amines is 1. The van der Waals surface area contributed by atoms with Crippen LogP contribution in [-0.4, -0.2) is 16.1 Å². The van der Waals surface area contributed by atoms with Crippen LogP contribution < -0.4 is 5.56 Å². The molecule has 0 aliphatic heterocycles. The number of rotatable bonds is 2. The van der Waals surface area contributed by atoms with Gasteiger partial charge in [-0.1, -0.05) is 0 Å². The molecule has 0 saturated carbocycles. The van der Waals surface area contributed by atoms with E-state index in [2.05, 4.69) is 4.98 Å². The van der Waals surface area contributed by atoms with E-state index >= 15 is 0 Å². The average Bonchev–Trinajstić information content (AvgIpc) is 2.33. The van der Waals surface area contributed by atoms with E-state index in [4.69, 9.17) is 5.11 Å². The monoisotopic (exact) mass is 265 g/mol. The van der Waals surface area contributed by atoms with E-state index < -0.39 is 28.7 Å². The van der Waals surface area contributed by atoms with E-state index in [0.717, 1.165) is 18.2 Å². The zero-order valence-corrected chi connectivity index (χ0v) is 9.83. The van der Waals surface area contributed by atoms with Crippen molar-refractivity contribution >= 4 is 5.97 Å². The van der Waals surface area contributed by atoms with Crippen molar-refractivity contribution in [1.82, 2.24) is 4.98 Å². The van der Waals surface area contributed by atoms with Gasteiger partial charge in [-0.25, -0.2) is 13.6 Å². The van der Waals surface area contributed by atoms with Crippen molar-refractivity contribution in [3.8, 4) is 11.3 Å². The van der Waals surface area contributed by atoms with Crippen LogP contribution in [0.25, 0.3) is 11.3 Å². The van der Waals surface area contributed by atoms with E-state index in [0.29, 0.717) is 0 Å². The molecule has 19 heavy (non-hydrogen) atoms. The molecule has 1 heterocycles. The van der Waals surface area contributed by atoms with Gasteiger partial charge in [-0.15, -0.1) is 0 Å².